The van der Waals surface area contributed by atoms with Gasteiger partial charge >= 0.3 is 5.97 Å². The van der Waals surface area contributed by atoms with Crippen molar-refractivity contribution in [1.29, 1.82) is 0 Å². The van der Waals surface area contributed by atoms with Crippen LogP contribution in [-0.4, -0.2) is 23.3 Å². The lowest BCUT2D eigenvalue weighted by molar-refractivity contribution is -0.142. The van der Waals surface area contributed by atoms with Crippen LogP contribution in [-0.2, 0) is 9.53 Å². The van der Waals surface area contributed by atoms with Crippen LogP contribution in [0.3, 0.4) is 0 Å². The van der Waals surface area contributed by atoms with Crippen molar-refractivity contribution < 1.29 is 9.53 Å². The second-order valence-electron chi connectivity index (χ2n) is 2.66. The maximum absolute atomic E-state index is 11.0. The standard InChI is InChI=1S/C9H13NO2S2/c1-3-12-8(11)4-5-13-9-10-7(2)6-14-9/h6H,3-5H2,1-2H3. The number of aromatic nitrogens is 1. The Labute approximate surface area is 91.9 Å². The number of aryl methyl sites for hydroxylation is 1. The van der Waals surface area contributed by atoms with Crippen molar-refractivity contribution in [3.05, 3.63) is 11.1 Å². The third-order valence-electron chi connectivity index (χ3n) is 1.43. The summed E-state index contributed by atoms with van der Waals surface area (Å²) in [6.07, 6.45) is 0.455. The maximum Gasteiger partial charge on any atom is 0.306 e. The van der Waals surface area contributed by atoms with E-state index in [1.54, 1.807) is 23.1 Å². The molecule has 1 aromatic rings. The summed E-state index contributed by atoms with van der Waals surface area (Å²) in [5.74, 6) is 0.611. The Morgan fingerprint density at radius 3 is 3.07 bits per heavy atom. The molecule has 0 aliphatic heterocycles. The number of hydrogen-bond acceptors (Lipinski definition) is 5. The number of carbonyl (C=O) groups excluding carboxylic acids is 1. The molecule has 0 fully saturated rings. The van der Waals surface area contributed by atoms with Crippen LogP contribution in [0, 0.1) is 6.92 Å². The minimum atomic E-state index is -0.131. The summed E-state index contributed by atoms with van der Waals surface area (Å²) in [4.78, 5) is 15.3. The molecule has 14 heavy (non-hydrogen) atoms. The highest BCUT2D eigenvalue weighted by atomic mass is 32.2. The van der Waals surface area contributed by atoms with Crippen LogP contribution in [0.4, 0.5) is 0 Å². The molecule has 0 aromatic carbocycles. The fraction of sp³-hybridized carbons (Fsp3) is 0.556. The van der Waals surface area contributed by atoms with E-state index in [1.807, 2.05) is 19.2 Å². The average molecular weight is 231 g/mol. The lowest BCUT2D eigenvalue weighted by atomic mass is 10.5. The fourth-order valence-corrected chi connectivity index (χ4v) is 2.69. The molecule has 0 saturated carbocycles. The van der Waals surface area contributed by atoms with E-state index in [4.69, 9.17) is 4.74 Å². The fourth-order valence-electron chi connectivity index (χ4n) is 0.854. The van der Waals surface area contributed by atoms with E-state index in [0.717, 1.165) is 15.8 Å². The average Bonchev–Trinajstić information content (AvgIpc) is 2.52. The number of esters is 1. The number of rotatable bonds is 5. The molecule has 0 spiro atoms. The molecule has 5 heteroatoms. The Bertz CT molecular complexity index is 299. The van der Waals surface area contributed by atoms with E-state index in [0.29, 0.717) is 13.0 Å². The Balaban J connectivity index is 2.18. The zero-order chi connectivity index (χ0) is 10.4. The minimum absolute atomic E-state index is 0.131. The summed E-state index contributed by atoms with van der Waals surface area (Å²) in [6.45, 7) is 4.24. The second-order valence-corrected chi connectivity index (χ2v) is 4.86. The summed E-state index contributed by atoms with van der Waals surface area (Å²) in [7, 11) is 0. The van der Waals surface area contributed by atoms with Gasteiger partial charge in [-0.15, -0.1) is 11.3 Å². The smallest absolute Gasteiger partial charge is 0.306 e. The topological polar surface area (TPSA) is 39.2 Å². The van der Waals surface area contributed by atoms with Crippen molar-refractivity contribution in [2.24, 2.45) is 0 Å². The molecule has 78 valence electrons. The van der Waals surface area contributed by atoms with Crippen LogP contribution in [0.1, 0.15) is 19.0 Å². The van der Waals surface area contributed by atoms with Gasteiger partial charge in [0, 0.05) is 16.8 Å². The van der Waals surface area contributed by atoms with Crippen LogP contribution in [0.5, 0.6) is 0 Å². The quantitative estimate of drug-likeness (QED) is 0.576. The molecule has 0 aliphatic rings. The summed E-state index contributed by atoms with van der Waals surface area (Å²) in [5.41, 5.74) is 1.04. The van der Waals surface area contributed by atoms with Gasteiger partial charge in [0.15, 0.2) is 0 Å². The van der Waals surface area contributed by atoms with Crippen molar-refractivity contribution in [3.8, 4) is 0 Å². The van der Waals surface area contributed by atoms with Gasteiger partial charge in [0.2, 0.25) is 0 Å². The van der Waals surface area contributed by atoms with Crippen LogP contribution >= 0.6 is 23.1 Å². The third kappa shape index (κ3) is 4.11. The molecule has 3 nitrogen and oxygen atoms in total. The van der Waals surface area contributed by atoms with Gasteiger partial charge in [0.1, 0.15) is 4.34 Å². The first-order valence-corrected chi connectivity index (χ1v) is 6.29. The monoisotopic (exact) mass is 231 g/mol. The molecule has 0 N–H and O–H groups in total. The highest BCUT2D eigenvalue weighted by molar-refractivity contribution is 8.01. The number of nitrogens with zero attached hydrogens (tertiary/aromatic N) is 1. The number of hydrogen-bond donors (Lipinski definition) is 0. The van der Waals surface area contributed by atoms with E-state index in [-0.39, 0.29) is 5.97 Å². The van der Waals surface area contributed by atoms with Gasteiger partial charge in [-0.1, -0.05) is 11.8 Å². The van der Waals surface area contributed by atoms with E-state index < -0.39 is 0 Å². The maximum atomic E-state index is 11.0. The minimum Gasteiger partial charge on any atom is -0.466 e. The molecule has 0 unspecified atom stereocenters. The van der Waals surface area contributed by atoms with Gasteiger partial charge in [-0.05, 0) is 13.8 Å². The molecule has 1 rings (SSSR count). The van der Waals surface area contributed by atoms with E-state index in [1.165, 1.54) is 0 Å². The van der Waals surface area contributed by atoms with Crippen molar-refractivity contribution in [2.75, 3.05) is 12.4 Å². The molecule has 0 aliphatic carbocycles. The van der Waals surface area contributed by atoms with E-state index in [2.05, 4.69) is 4.98 Å². The van der Waals surface area contributed by atoms with Gasteiger partial charge < -0.3 is 4.74 Å². The number of thioether (sulfide) groups is 1. The van der Waals surface area contributed by atoms with Gasteiger partial charge in [0.25, 0.3) is 0 Å². The van der Waals surface area contributed by atoms with E-state index in [9.17, 15) is 4.79 Å². The molecular formula is C9H13NO2S2. The van der Waals surface area contributed by atoms with Gasteiger partial charge in [0.05, 0.1) is 13.0 Å². The lowest BCUT2D eigenvalue weighted by Gasteiger charge is -1.99. The molecule has 0 radical (unpaired) electrons. The highest BCUT2D eigenvalue weighted by Crippen LogP contribution is 2.22. The first kappa shape index (κ1) is 11.5. The number of thiazole rings is 1. The Hall–Kier alpha value is -0.550. The largest absolute Gasteiger partial charge is 0.466 e. The van der Waals surface area contributed by atoms with E-state index >= 15 is 0 Å². The predicted molar refractivity (Wildman–Crippen MR) is 58.8 cm³/mol. The molecule has 0 amide bonds. The molecular weight excluding hydrogens is 218 g/mol. The summed E-state index contributed by atoms with van der Waals surface area (Å²) in [6, 6.07) is 0. The first-order chi connectivity index (χ1) is 6.72. The molecule has 1 aromatic heterocycles. The molecule has 1 heterocycles. The third-order valence-corrected chi connectivity index (χ3v) is 3.58. The van der Waals surface area contributed by atoms with Crippen LogP contribution in [0.25, 0.3) is 0 Å². The SMILES string of the molecule is CCOC(=O)CCSc1nc(C)cs1. The molecule has 0 atom stereocenters. The van der Waals surface area contributed by atoms with Crippen molar-refractivity contribution in [1.82, 2.24) is 4.98 Å². The molecule has 0 bridgehead atoms. The number of ether oxygens (including phenoxy) is 1. The Morgan fingerprint density at radius 2 is 2.50 bits per heavy atom. The first-order valence-electron chi connectivity index (χ1n) is 4.43. The summed E-state index contributed by atoms with van der Waals surface area (Å²) in [5, 5.41) is 2.01. The van der Waals surface area contributed by atoms with Crippen molar-refractivity contribution in [3.63, 3.8) is 0 Å². The number of carbonyl (C=O) groups is 1. The molecule has 0 saturated heterocycles. The zero-order valence-electron chi connectivity index (χ0n) is 8.28. The Kier molecular flexibility index (Phi) is 4.97. The summed E-state index contributed by atoms with van der Waals surface area (Å²) >= 11 is 3.22. The summed E-state index contributed by atoms with van der Waals surface area (Å²) < 4.78 is 5.84. The van der Waals surface area contributed by atoms with Crippen LogP contribution < -0.4 is 0 Å². The van der Waals surface area contributed by atoms with Gasteiger partial charge in [-0.25, -0.2) is 4.98 Å². The van der Waals surface area contributed by atoms with Crippen molar-refractivity contribution >= 4 is 29.1 Å². The zero-order valence-corrected chi connectivity index (χ0v) is 9.91. The predicted octanol–water partition coefficient (Wildman–Crippen LogP) is 2.50. The van der Waals surface area contributed by atoms with Crippen LogP contribution in [0.2, 0.25) is 0 Å². The highest BCUT2D eigenvalue weighted by Gasteiger charge is 2.03. The Morgan fingerprint density at radius 1 is 1.71 bits per heavy atom. The normalized spacial score (nSPS) is 10.1. The van der Waals surface area contributed by atoms with Crippen molar-refractivity contribution in [2.45, 2.75) is 24.6 Å². The van der Waals surface area contributed by atoms with Crippen LogP contribution in [0.15, 0.2) is 9.72 Å². The van der Waals surface area contributed by atoms with Gasteiger partial charge in [-0.3, -0.25) is 4.79 Å². The van der Waals surface area contributed by atoms with Gasteiger partial charge in [-0.2, -0.15) is 0 Å². The lowest BCUT2D eigenvalue weighted by Crippen LogP contribution is -2.04. The second kappa shape index (κ2) is 6.03.